The highest BCUT2D eigenvalue weighted by atomic mass is 32.2. The fraction of sp³-hybridized carbons (Fsp3) is 0.250. The van der Waals surface area contributed by atoms with Crippen LogP contribution in [0.25, 0.3) is 0 Å². The summed E-state index contributed by atoms with van der Waals surface area (Å²) in [5, 5.41) is 15.0. The van der Waals surface area contributed by atoms with Gasteiger partial charge in [-0.25, -0.2) is 4.39 Å². The van der Waals surface area contributed by atoms with Crippen LogP contribution >= 0.6 is 0 Å². The number of nitrogens with zero attached hydrogens (tertiary/aromatic N) is 1. The molecule has 0 aliphatic heterocycles. The summed E-state index contributed by atoms with van der Waals surface area (Å²) in [5.41, 5.74) is 1.15. The van der Waals surface area contributed by atoms with E-state index in [0.717, 1.165) is 0 Å². The van der Waals surface area contributed by atoms with Crippen LogP contribution < -0.4 is 4.72 Å². The number of H-pyrrole nitrogens is 1. The van der Waals surface area contributed by atoms with Gasteiger partial charge in [0.05, 0.1) is 12.3 Å². The largest absolute Gasteiger partial charge is 0.392 e. The normalized spacial score (nSPS) is 11.6. The minimum atomic E-state index is -4.07. The molecule has 0 amide bonds. The summed E-state index contributed by atoms with van der Waals surface area (Å²) in [7, 11) is -4.07. The lowest BCUT2D eigenvalue weighted by atomic mass is 10.2. The zero-order valence-electron chi connectivity index (χ0n) is 10.9. The predicted octanol–water partition coefficient (Wildman–Crippen LogP) is 1.46. The molecule has 1 heterocycles. The number of aryl methyl sites for hydroxylation is 2. The van der Waals surface area contributed by atoms with E-state index in [1.165, 1.54) is 18.2 Å². The van der Waals surface area contributed by atoms with Crippen molar-refractivity contribution in [1.29, 1.82) is 0 Å². The number of hydrogen-bond acceptors (Lipinski definition) is 4. The number of aromatic amines is 1. The highest BCUT2D eigenvalue weighted by Crippen LogP contribution is 2.22. The third-order valence-electron chi connectivity index (χ3n) is 2.81. The van der Waals surface area contributed by atoms with Gasteiger partial charge in [-0.2, -0.15) is 13.5 Å². The first kappa shape index (κ1) is 14.5. The highest BCUT2D eigenvalue weighted by Gasteiger charge is 2.24. The number of aliphatic hydroxyl groups is 1. The van der Waals surface area contributed by atoms with Crippen LogP contribution in [0.5, 0.6) is 0 Å². The third kappa shape index (κ3) is 2.66. The van der Waals surface area contributed by atoms with Crippen LogP contribution in [-0.2, 0) is 16.6 Å². The molecule has 0 radical (unpaired) electrons. The van der Waals surface area contributed by atoms with Gasteiger partial charge in [0.25, 0.3) is 10.0 Å². The molecule has 0 atom stereocenters. The second-order valence-corrected chi connectivity index (χ2v) is 5.98. The Hall–Kier alpha value is -1.93. The van der Waals surface area contributed by atoms with E-state index in [0.29, 0.717) is 11.3 Å². The van der Waals surface area contributed by atoms with Crippen LogP contribution in [0.2, 0.25) is 0 Å². The lowest BCUT2D eigenvalue weighted by molar-refractivity contribution is 0.277. The molecule has 0 saturated heterocycles. The number of nitrogens with one attached hydrogen (secondary N) is 2. The minimum Gasteiger partial charge on any atom is -0.392 e. The lowest BCUT2D eigenvalue weighted by Gasteiger charge is -2.09. The molecule has 6 nitrogen and oxygen atoms in total. The van der Waals surface area contributed by atoms with Crippen molar-refractivity contribution in [2.45, 2.75) is 25.5 Å². The summed E-state index contributed by atoms with van der Waals surface area (Å²) in [6.07, 6.45) is 0. The first-order chi connectivity index (χ1) is 9.35. The molecule has 3 N–H and O–H groups in total. The number of aromatic nitrogens is 2. The SMILES string of the molecule is Cc1ccc(F)c(NS(=O)(=O)c2n[nH]c(C)c2CO)c1. The summed E-state index contributed by atoms with van der Waals surface area (Å²) < 4.78 is 40.1. The number of aliphatic hydroxyl groups excluding tert-OH is 1. The van der Waals surface area contributed by atoms with E-state index in [-0.39, 0.29) is 16.3 Å². The Labute approximate surface area is 115 Å². The van der Waals surface area contributed by atoms with Crippen LogP contribution in [-0.4, -0.2) is 23.7 Å². The van der Waals surface area contributed by atoms with E-state index >= 15 is 0 Å². The van der Waals surface area contributed by atoms with Crippen molar-refractivity contribution in [1.82, 2.24) is 10.2 Å². The van der Waals surface area contributed by atoms with E-state index in [2.05, 4.69) is 14.9 Å². The highest BCUT2D eigenvalue weighted by molar-refractivity contribution is 7.92. The van der Waals surface area contributed by atoms with Crippen LogP contribution in [0.1, 0.15) is 16.8 Å². The number of halogens is 1. The first-order valence-electron chi connectivity index (χ1n) is 5.79. The average Bonchev–Trinajstić information content (AvgIpc) is 2.75. The maximum Gasteiger partial charge on any atom is 0.281 e. The van der Waals surface area contributed by atoms with Crippen molar-refractivity contribution < 1.29 is 17.9 Å². The fourth-order valence-electron chi connectivity index (χ4n) is 1.75. The van der Waals surface area contributed by atoms with Gasteiger partial charge in [0, 0.05) is 11.3 Å². The topological polar surface area (TPSA) is 95.1 Å². The number of benzene rings is 1. The molecular formula is C12H14FN3O3S. The molecule has 0 aliphatic rings. The number of anilines is 1. The Morgan fingerprint density at radius 3 is 2.75 bits per heavy atom. The quantitative estimate of drug-likeness (QED) is 0.796. The predicted molar refractivity (Wildman–Crippen MR) is 71.2 cm³/mol. The summed E-state index contributed by atoms with van der Waals surface area (Å²) in [6, 6.07) is 4.09. The second-order valence-electron chi connectivity index (χ2n) is 4.38. The smallest absolute Gasteiger partial charge is 0.281 e. The van der Waals surface area contributed by atoms with Gasteiger partial charge in [-0.15, -0.1) is 0 Å². The fourth-order valence-corrected chi connectivity index (χ4v) is 3.00. The molecule has 1 aromatic heterocycles. The van der Waals surface area contributed by atoms with Crippen LogP contribution in [0.15, 0.2) is 23.2 Å². The van der Waals surface area contributed by atoms with Gasteiger partial charge in [-0.3, -0.25) is 9.82 Å². The molecule has 8 heteroatoms. The van der Waals surface area contributed by atoms with Crippen molar-refractivity contribution in [3.05, 3.63) is 40.8 Å². The summed E-state index contributed by atoms with van der Waals surface area (Å²) in [6.45, 7) is 2.83. The standard InChI is InChI=1S/C12H14FN3O3S/c1-7-3-4-10(13)11(5-7)16-20(18,19)12-9(6-17)8(2)14-15-12/h3-5,16-17H,6H2,1-2H3,(H,14,15). The summed E-state index contributed by atoms with van der Waals surface area (Å²) in [4.78, 5) is 0. The van der Waals surface area contributed by atoms with Crippen molar-refractivity contribution in [2.75, 3.05) is 4.72 Å². The molecular weight excluding hydrogens is 285 g/mol. The Morgan fingerprint density at radius 1 is 1.40 bits per heavy atom. The zero-order chi connectivity index (χ0) is 14.9. The van der Waals surface area contributed by atoms with Crippen molar-refractivity contribution in [3.63, 3.8) is 0 Å². The molecule has 2 rings (SSSR count). The minimum absolute atomic E-state index is 0.158. The van der Waals surface area contributed by atoms with E-state index in [4.69, 9.17) is 0 Å². The Kier molecular flexibility index (Phi) is 3.78. The van der Waals surface area contributed by atoms with Crippen LogP contribution in [0, 0.1) is 19.7 Å². The van der Waals surface area contributed by atoms with Crippen molar-refractivity contribution in [2.24, 2.45) is 0 Å². The first-order valence-corrected chi connectivity index (χ1v) is 7.27. The van der Waals surface area contributed by atoms with Gasteiger partial charge in [0.1, 0.15) is 5.82 Å². The molecule has 2 aromatic rings. The summed E-state index contributed by atoms with van der Waals surface area (Å²) >= 11 is 0. The van der Waals surface area contributed by atoms with Crippen molar-refractivity contribution in [3.8, 4) is 0 Å². The molecule has 0 bridgehead atoms. The van der Waals surface area contributed by atoms with Gasteiger partial charge in [0.15, 0.2) is 0 Å². The van der Waals surface area contributed by atoms with Gasteiger partial charge in [-0.1, -0.05) is 6.07 Å². The molecule has 0 spiro atoms. The second kappa shape index (κ2) is 5.22. The van der Waals surface area contributed by atoms with E-state index < -0.39 is 22.4 Å². The molecule has 108 valence electrons. The van der Waals surface area contributed by atoms with Gasteiger partial charge in [-0.05, 0) is 31.5 Å². The van der Waals surface area contributed by atoms with E-state index in [9.17, 15) is 17.9 Å². The molecule has 0 saturated carbocycles. The molecule has 0 aliphatic carbocycles. The van der Waals surface area contributed by atoms with Gasteiger partial charge >= 0.3 is 0 Å². The van der Waals surface area contributed by atoms with E-state index in [1.807, 2.05) is 0 Å². The lowest BCUT2D eigenvalue weighted by Crippen LogP contribution is -2.16. The van der Waals surface area contributed by atoms with Crippen molar-refractivity contribution >= 4 is 15.7 Å². The number of rotatable bonds is 4. The monoisotopic (exact) mass is 299 g/mol. The van der Waals surface area contributed by atoms with Crippen LogP contribution in [0.4, 0.5) is 10.1 Å². The third-order valence-corrected chi connectivity index (χ3v) is 4.15. The van der Waals surface area contributed by atoms with Gasteiger partial charge in [0.2, 0.25) is 5.03 Å². The average molecular weight is 299 g/mol. The maximum atomic E-state index is 13.6. The Morgan fingerprint density at radius 2 is 2.10 bits per heavy atom. The van der Waals surface area contributed by atoms with Crippen LogP contribution in [0.3, 0.4) is 0 Å². The van der Waals surface area contributed by atoms with E-state index in [1.54, 1.807) is 13.8 Å². The molecule has 20 heavy (non-hydrogen) atoms. The Balaban J connectivity index is 2.43. The maximum absolute atomic E-state index is 13.6. The molecule has 1 aromatic carbocycles. The number of hydrogen-bond donors (Lipinski definition) is 3. The zero-order valence-corrected chi connectivity index (χ0v) is 11.8. The Bertz CT molecular complexity index is 740. The number of sulfonamides is 1. The molecule has 0 fully saturated rings. The molecule has 0 unspecified atom stereocenters. The summed E-state index contributed by atoms with van der Waals surface area (Å²) in [5.74, 6) is -0.683. The van der Waals surface area contributed by atoms with Gasteiger partial charge < -0.3 is 5.11 Å².